The summed E-state index contributed by atoms with van der Waals surface area (Å²) >= 11 is 1.27. The Labute approximate surface area is 187 Å². The summed E-state index contributed by atoms with van der Waals surface area (Å²) in [6.07, 6.45) is -1.53. The summed E-state index contributed by atoms with van der Waals surface area (Å²) in [6.45, 7) is 1.96. The zero-order valence-corrected chi connectivity index (χ0v) is 18.3. The first-order valence-corrected chi connectivity index (χ1v) is 10.2. The standard InChI is InChI=1S/C23H20F3NO4S/c1-14-20(32-22(27-14)16-5-4-6-17(12-16)23(24,25)26)13-31-18-9-7-15(11-19(18)29-2)8-10-21(28)30-3/h4-12H,13H2,1-3H3/b10-8+. The third-order valence-electron chi connectivity index (χ3n) is 4.49. The molecule has 32 heavy (non-hydrogen) atoms. The number of ether oxygens (including phenoxy) is 3. The van der Waals surface area contributed by atoms with Crippen LogP contribution in [-0.4, -0.2) is 25.2 Å². The van der Waals surface area contributed by atoms with E-state index in [1.165, 1.54) is 37.7 Å². The first-order chi connectivity index (χ1) is 15.2. The Morgan fingerprint density at radius 1 is 1.12 bits per heavy atom. The van der Waals surface area contributed by atoms with Gasteiger partial charge in [0.15, 0.2) is 11.5 Å². The minimum atomic E-state index is -4.41. The minimum absolute atomic E-state index is 0.177. The number of rotatable bonds is 7. The number of halogens is 3. The van der Waals surface area contributed by atoms with Gasteiger partial charge in [0, 0.05) is 11.6 Å². The number of nitrogens with zero attached hydrogens (tertiary/aromatic N) is 1. The maximum absolute atomic E-state index is 13.0. The summed E-state index contributed by atoms with van der Waals surface area (Å²) in [7, 11) is 2.80. The Morgan fingerprint density at radius 2 is 1.91 bits per heavy atom. The van der Waals surface area contributed by atoms with Crippen molar-refractivity contribution >= 4 is 23.4 Å². The molecule has 1 aromatic heterocycles. The van der Waals surface area contributed by atoms with Crippen molar-refractivity contribution in [3.05, 3.63) is 70.2 Å². The first kappa shape index (κ1) is 23.3. The zero-order valence-electron chi connectivity index (χ0n) is 17.5. The molecule has 9 heteroatoms. The number of hydrogen-bond acceptors (Lipinski definition) is 6. The van der Waals surface area contributed by atoms with Gasteiger partial charge in [-0.2, -0.15) is 13.2 Å². The predicted molar refractivity (Wildman–Crippen MR) is 116 cm³/mol. The summed E-state index contributed by atoms with van der Waals surface area (Å²) in [5.41, 5.74) is 1.09. The van der Waals surface area contributed by atoms with Gasteiger partial charge in [-0.3, -0.25) is 0 Å². The third kappa shape index (κ3) is 5.67. The van der Waals surface area contributed by atoms with E-state index in [2.05, 4.69) is 9.72 Å². The normalized spacial score (nSPS) is 11.6. The van der Waals surface area contributed by atoms with E-state index < -0.39 is 17.7 Å². The highest BCUT2D eigenvalue weighted by Gasteiger charge is 2.30. The Hall–Kier alpha value is -3.33. The quantitative estimate of drug-likeness (QED) is 0.322. The number of aromatic nitrogens is 1. The molecule has 5 nitrogen and oxygen atoms in total. The van der Waals surface area contributed by atoms with E-state index >= 15 is 0 Å². The van der Waals surface area contributed by atoms with Crippen molar-refractivity contribution in [2.24, 2.45) is 0 Å². The molecule has 0 aliphatic rings. The SMILES string of the molecule is COC(=O)/C=C/c1ccc(OCc2sc(-c3cccc(C(F)(F)F)c3)nc2C)c(OC)c1. The first-order valence-electron chi connectivity index (χ1n) is 9.42. The number of esters is 1. The molecule has 0 saturated heterocycles. The lowest BCUT2D eigenvalue weighted by atomic mass is 10.1. The zero-order chi connectivity index (χ0) is 23.3. The fourth-order valence-corrected chi connectivity index (χ4v) is 3.77. The smallest absolute Gasteiger partial charge is 0.416 e. The van der Waals surface area contributed by atoms with E-state index in [9.17, 15) is 18.0 Å². The molecule has 2 aromatic carbocycles. The molecule has 0 aliphatic heterocycles. The maximum atomic E-state index is 13.0. The number of methoxy groups -OCH3 is 2. The lowest BCUT2D eigenvalue weighted by Gasteiger charge is -2.11. The van der Waals surface area contributed by atoms with Crippen molar-refractivity contribution < 1.29 is 32.2 Å². The second-order valence-corrected chi connectivity index (χ2v) is 7.75. The van der Waals surface area contributed by atoms with Gasteiger partial charge in [-0.15, -0.1) is 11.3 Å². The Morgan fingerprint density at radius 3 is 2.59 bits per heavy atom. The molecule has 0 radical (unpaired) electrons. The summed E-state index contributed by atoms with van der Waals surface area (Å²) < 4.78 is 54.8. The highest BCUT2D eigenvalue weighted by molar-refractivity contribution is 7.15. The molecule has 1 heterocycles. The maximum Gasteiger partial charge on any atom is 0.416 e. The van der Waals surface area contributed by atoms with Gasteiger partial charge in [0.2, 0.25) is 0 Å². The molecule has 0 unspecified atom stereocenters. The van der Waals surface area contributed by atoms with Gasteiger partial charge < -0.3 is 14.2 Å². The molecule has 3 rings (SSSR count). The van der Waals surface area contributed by atoms with Crippen molar-refractivity contribution in [3.63, 3.8) is 0 Å². The molecular formula is C23H20F3NO4S. The largest absolute Gasteiger partial charge is 0.493 e. The Balaban J connectivity index is 1.76. The van der Waals surface area contributed by atoms with Gasteiger partial charge in [-0.05, 0) is 42.8 Å². The van der Waals surface area contributed by atoms with Crippen molar-refractivity contribution in [1.29, 1.82) is 0 Å². The highest BCUT2D eigenvalue weighted by atomic mass is 32.1. The Bertz CT molecular complexity index is 1140. The fourth-order valence-electron chi connectivity index (χ4n) is 2.80. The number of carbonyl (C=O) groups is 1. The van der Waals surface area contributed by atoms with E-state index in [0.717, 1.165) is 22.6 Å². The summed E-state index contributed by atoms with van der Waals surface area (Å²) in [5.74, 6) is 0.481. The summed E-state index contributed by atoms with van der Waals surface area (Å²) in [6, 6.07) is 10.3. The van der Waals surface area contributed by atoms with Crippen LogP contribution in [0.25, 0.3) is 16.6 Å². The average Bonchev–Trinajstić information content (AvgIpc) is 3.16. The van der Waals surface area contributed by atoms with Crippen LogP contribution in [0.2, 0.25) is 0 Å². The highest BCUT2D eigenvalue weighted by Crippen LogP contribution is 2.35. The fraction of sp³-hybridized carbons (Fsp3) is 0.217. The van der Waals surface area contributed by atoms with E-state index in [0.29, 0.717) is 27.8 Å². The molecule has 0 atom stereocenters. The molecule has 3 aromatic rings. The predicted octanol–water partition coefficient (Wildman–Crippen LogP) is 5.91. The van der Waals surface area contributed by atoms with E-state index in [4.69, 9.17) is 9.47 Å². The second kappa shape index (κ2) is 9.86. The van der Waals surface area contributed by atoms with Crippen molar-refractivity contribution in [1.82, 2.24) is 4.98 Å². The van der Waals surface area contributed by atoms with Crippen LogP contribution in [0.3, 0.4) is 0 Å². The molecule has 0 saturated carbocycles. The molecule has 0 bridgehead atoms. The van der Waals surface area contributed by atoms with Gasteiger partial charge in [0.25, 0.3) is 0 Å². The van der Waals surface area contributed by atoms with Crippen LogP contribution in [-0.2, 0) is 22.3 Å². The molecular weight excluding hydrogens is 443 g/mol. The number of aryl methyl sites for hydroxylation is 1. The van der Waals surface area contributed by atoms with Crippen LogP contribution in [0.5, 0.6) is 11.5 Å². The molecule has 0 spiro atoms. The minimum Gasteiger partial charge on any atom is -0.493 e. The van der Waals surface area contributed by atoms with E-state index in [1.807, 2.05) is 0 Å². The number of benzene rings is 2. The van der Waals surface area contributed by atoms with Gasteiger partial charge in [-0.25, -0.2) is 9.78 Å². The molecule has 0 fully saturated rings. The third-order valence-corrected chi connectivity index (χ3v) is 5.67. The van der Waals surface area contributed by atoms with Crippen LogP contribution < -0.4 is 9.47 Å². The summed E-state index contributed by atoms with van der Waals surface area (Å²) in [5, 5.41) is 0.488. The van der Waals surface area contributed by atoms with Gasteiger partial charge in [-0.1, -0.05) is 18.2 Å². The number of thiazole rings is 1. The molecule has 168 valence electrons. The lowest BCUT2D eigenvalue weighted by Crippen LogP contribution is -2.04. The molecule has 0 N–H and O–H groups in total. The second-order valence-electron chi connectivity index (χ2n) is 6.66. The number of hydrogen-bond donors (Lipinski definition) is 0. The number of carbonyl (C=O) groups excluding carboxylic acids is 1. The van der Waals surface area contributed by atoms with Crippen LogP contribution in [0.1, 0.15) is 21.7 Å². The lowest BCUT2D eigenvalue weighted by molar-refractivity contribution is -0.137. The van der Waals surface area contributed by atoms with Crippen LogP contribution in [0.4, 0.5) is 13.2 Å². The molecule has 0 aliphatic carbocycles. The topological polar surface area (TPSA) is 57.7 Å². The van der Waals surface area contributed by atoms with E-state index in [1.54, 1.807) is 37.3 Å². The van der Waals surface area contributed by atoms with Gasteiger partial charge >= 0.3 is 12.1 Å². The van der Waals surface area contributed by atoms with Crippen molar-refractivity contribution in [2.75, 3.05) is 14.2 Å². The summed E-state index contributed by atoms with van der Waals surface area (Å²) in [4.78, 5) is 16.4. The van der Waals surface area contributed by atoms with E-state index in [-0.39, 0.29) is 6.61 Å². The number of alkyl halides is 3. The van der Waals surface area contributed by atoms with Crippen LogP contribution in [0.15, 0.2) is 48.5 Å². The van der Waals surface area contributed by atoms with Crippen molar-refractivity contribution in [3.8, 4) is 22.1 Å². The monoisotopic (exact) mass is 463 g/mol. The Kier molecular flexibility index (Phi) is 7.19. The molecule has 0 amide bonds. The van der Waals surface area contributed by atoms with Crippen LogP contribution in [0, 0.1) is 6.92 Å². The average molecular weight is 463 g/mol. The van der Waals surface area contributed by atoms with Gasteiger partial charge in [0.1, 0.15) is 11.6 Å². The van der Waals surface area contributed by atoms with Gasteiger partial charge in [0.05, 0.1) is 30.4 Å². The van der Waals surface area contributed by atoms with Crippen molar-refractivity contribution in [2.45, 2.75) is 19.7 Å². The van der Waals surface area contributed by atoms with Crippen LogP contribution >= 0.6 is 11.3 Å².